The van der Waals surface area contributed by atoms with Gasteiger partial charge < -0.3 is 0 Å². The van der Waals surface area contributed by atoms with Crippen molar-refractivity contribution in [2.24, 2.45) is 0 Å². The van der Waals surface area contributed by atoms with Gasteiger partial charge in [0.05, 0.1) is 0 Å². The van der Waals surface area contributed by atoms with Crippen molar-refractivity contribution in [3.63, 3.8) is 0 Å². The van der Waals surface area contributed by atoms with Gasteiger partial charge in [0.15, 0.2) is 0 Å². The predicted octanol–water partition coefficient (Wildman–Crippen LogP) is 3.72. The summed E-state index contributed by atoms with van der Waals surface area (Å²) < 4.78 is 0. The van der Waals surface area contributed by atoms with Crippen LogP contribution in [0.3, 0.4) is 0 Å². The van der Waals surface area contributed by atoms with Crippen molar-refractivity contribution in [1.29, 1.82) is 0 Å². The number of hydrogen-bond acceptors (Lipinski definition) is 0. The van der Waals surface area contributed by atoms with Crippen LogP contribution in [-0.4, -0.2) is 0 Å². The summed E-state index contributed by atoms with van der Waals surface area (Å²) in [5.74, 6) is 0. The zero-order chi connectivity index (χ0) is 6.95. The van der Waals surface area contributed by atoms with Gasteiger partial charge in [-0.1, -0.05) is 38.5 Å². The molecule has 0 aromatic rings. The molecule has 0 atom stereocenters. The van der Waals surface area contributed by atoms with Gasteiger partial charge in [0.2, 0.25) is 0 Å². The maximum atomic E-state index is 4.88. The van der Waals surface area contributed by atoms with Gasteiger partial charge in [0, 0.05) is 0 Å². The van der Waals surface area contributed by atoms with Crippen molar-refractivity contribution in [1.82, 2.24) is 0 Å². The third kappa shape index (κ3) is 9.27. The van der Waals surface area contributed by atoms with Crippen molar-refractivity contribution in [3.8, 4) is 0 Å². The van der Waals surface area contributed by atoms with E-state index in [-0.39, 0.29) is 0 Å². The Morgan fingerprint density at radius 1 is 0.667 bits per heavy atom. The van der Waals surface area contributed by atoms with E-state index in [0.29, 0.717) is 0 Å². The molecule has 0 aromatic heterocycles. The van der Waals surface area contributed by atoms with Crippen LogP contribution in [-0.2, 0) is 16.5 Å². The first kappa shape index (κ1) is 10.3. The maximum absolute atomic E-state index is 4.88. The quantitative estimate of drug-likeness (QED) is 0.625. The van der Waals surface area contributed by atoms with Gasteiger partial charge in [0.1, 0.15) is 0 Å². The zero-order valence-corrected chi connectivity index (χ0v) is 9.10. The Labute approximate surface area is 73.7 Å². The second-order valence-corrected chi connectivity index (χ2v) is 5.45. The molecule has 0 radical (unpaired) electrons. The molecule has 0 spiro atoms. The molecule has 1 fully saturated rings. The summed E-state index contributed by atoms with van der Waals surface area (Å²) in [6.45, 7) is 0. The van der Waals surface area contributed by atoms with E-state index < -0.39 is 16.5 Å². The Hall–Kier alpha value is 1.27. The fourth-order valence-corrected chi connectivity index (χ4v) is 1.06. The summed E-state index contributed by atoms with van der Waals surface area (Å²) >= 11 is -0.472. The van der Waals surface area contributed by atoms with Crippen LogP contribution >= 0.6 is 18.8 Å². The molecule has 1 rings (SSSR count). The van der Waals surface area contributed by atoms with Crippen LogP contribution in [0.15, 0.2) is 0 Å². The van der Waals surface area contributed by atoms with E-state index in [9.17, 15) is 0 Å². The van der Waals surface area contributed by atoms with Crippen LogP contribution < -0.4 is 0 Å². The summed E-state index contributed by atoms with van der Waals surface area (Å²) in [7, 11) is 9.75. The van der Waals surface area contributed by atoms with Crippen molar-refractivity contribution >= 4 is 18.8 Å². The number of halogens is 2. The van der Waals surface area contributed by atoms with Crippen LogP contribution in [0.2, 0.25) is 0 Å². The van der Waals surface area contributed by atoms with E-state index in [1.54, 1.807) is 0 Å². The van der Waals surface area contributed by atoms with E-state index in [4.69, 9.17) is 18.8 Å². The molecule has 1 aliphatic rings. The Balaban J connectivity index is 0.000000187. The molecule has 9 heavy (non-hydrogen) atoms. The Bertz CT molecular complexity index is 34.8. The van der Waals surface area contributed by atoms with Crippen LogP contribution in [0, 0.1) is 0 Å². The van der Waals surface area contributed by atoms with Crippen LogP contribution in [0.4, 0.5) is 0 Å². The predicted molar refractivity (Wildman–Crippen MR) is 39.4 cm³/mol. The molecule has 1 aliphatic carbocycles. The molecular weight excluding hydrogens is 338 g/mol. The van der Waals surface area contributed by atoms with Crippen LogP contribution in [0.25, 0.3) is 0 Å². The van der Waals surface area contributed by atoms with Gasteiger partial charge in [-0.25, -0.2) is 0 Å². The van der Waals surface area contributed by atoms with Gasteiger partial charge in [-0.2, -0.15) is 0 Å². The molecule has 0 N–H and O–H groups in total. The van der Waals surface area contributed by atoms with Gasteiger partial charge in [-0.05, 0) is 0 Å². The van der Waals surface area contributed by atoms with E-state index in [1.165, 1.54) is 38.5 Å². The molecule has 1 saturated carbocycles. The van der Waals surface area contributed by atoms with E-state index in [2.05, 4.69) is 0 Å². The summed E-state index contributed by atoms with van der Waals surface area (Å²) in [6, 6.07) is 0. The molecule has 60 valence electrons. The van der Waals surface area contributed by atoms with E-state index >= 15 is 0 Å². The Kier molecular flexibility index (Phi) is 10.6. The zero-order valence-electron chi connectivity index (χ0n) is 5.31. The molecule has 0 bridgehead atoms. The molecule has 0 aromatic carbocycles. The average Bonchev–Trinajstić information content (AvgIpc) is 1.93. The number of rotatable bonds is 0. The van der Waals surface area contributed by atoms with E-state index in [0.717, 1.165) is 0 Å². The van der Waals surface area contributed by atoms with Crippen LogP contribution in [0.5, 0.6) is 0 Å². The van der Waals surface area contributed by atoms with Gasteiger partial charge in [0.25, 0.3) is 0 Å². The topological polar surface area (TPSA) is 0 Å². The molecule has 0 nitrogen and oxygen atoms in total. The fourth-order valence-electron chi connectivity index (χ4n) is 1.06. The third-order valence-corrected chi connectivity index (χ3v) is 1.50. The third-order valence-electron chi connectivity index (χ3n) is 1.50. The monoisotopic (exact) mass is 349 g/mol. The summed E-state index contributed by atoms with van der Waals surface area (Å²) in [4.78, 5) is 0. The van der Waals surface area contributed by atoms with Crippen molar-refractivity contribution in [2.75, 3.05) is 0 Å². The first-order valence-electron chi connectivity index (χ1n) is 3.24. The molecule has 0 aliphatic heterocycles. The Morgan fingerprint density at radius 3 is 0.889 bits per heavy atom. The fraction of sp³-hybridized carbons (Fsp3) is 1.00. The van der Waals surface area contributed by atoms with Gasteiger partial charge >= 0.3 is 35.3 Å². The molecule has 3 heteroatoms. The molecule has 0 amide bonds. The van der Waals surface area contributed by atoms with Crippen molar-refractivity contribution < 1.29 is 16.5 Å². The van der Waals surface area contributed by atoms with Gasteiger partial charge in [-0.15, -0.1) is 0 Å². The summed E-state index contributed by atoms with van der Waals surface area (Å²) in [5, 5.41) is 0. The van der Waals surface area contributed by atoms with E-state index in [1.807, 2.05) is 0 Å². The normalized spacial score (nSPS) is 18.4. The Morgan fingerprint density at radius 2 is 0.778 bits per heavy atom. The first-order chi connectivity index (χ1) is 4.41. The molecular formula is C6H12Cl2Pt. The first-order valence-corrected chi connectivity index (χ1v) is 8.87. The molecule has 0 saturated heterocycles. The standard InChI is InChI=1S/C6H12.2ClH.Pt/c1-2-4-6-5-3-1;;;/h1-6H2;2*1H;/q;;;+2/p-2. The second-order valence-electron chi connectivity index (χ2n) is 2.17. The molecule has 0 unspecified atom stereocenters. The van der Waals surface area contributed by atoms with Crippen molar-refractivity contribution in [2.45, 2.75) is 38.5 Å². The minimum atomic E-state index is -0.472. The summed E-state index contributed by atoms with van der Waals surface area (Å²) in [6.07, 6.45) is 9.00. The molecule has 0 heterocycles. The van der Waals surface area contributed by atoms with Crippen molar-refractivity contribution in [3.05, 3.63) is 0 Å². The number of hydrogen-bond donors (Lipinski definition) is 0. The summed E-state index contributed by atoms with van der Waals surface area (Å²) in [5.41, 5.74) is 0. The SMILES string of the molecule is C1CCCCC1.[Cl][Pt][Cl]. The minimum absolute atomic E-state index is 0.472. The second kappa shape index (κ2) is 9.27. The van der Waals surface area contributed by atoms with Crippen LogP contribution in [0.1, 0.15) is 38.5 Å². The average molecular weight is 350 g/mol. The van der Waals surface area contributed by atoms with Gasteiger partial charge in [-0.3, -0.25) is 0 Å².